The van der Waals surface area contributed by atoms with Crippen LogP contribution in [-0.4, -0.2) is 13.1 Å². The molecule has 0 aromatic heterocycles. The molecule has 2 N–H and O–H groups in total. The Hall–Kier alpha value is -0.860. The molecule has 1 atom stereocenters. The summed E-state index contributed by atoms with van der Waals surface area (Å²) in [6.45, 7) is 5.55. The molecule has 0 radical (unpaired) electrons. The van der Waals surface area contributed by atoms with Crippen molar-refractivity contribution in [1.82, 2.24) is 10.6 Å². The van der Waals surface area contributed by atoms with Gasteiger partial charge in [0.25, 0.3) is 0 Å². The van der Waals surface area contributed by atoms with Gasteiger partial charge in [0.2, 0.25) is 0 Å². The molecule has 1 heterocycles. The highest BCUT2D eigenvalue weighted by Gasteiger charge is 2.16. The molecule has 2 heteroatoms. The number of hydrogen-bond donors (Lipinski definition) is 2. The normalized spacial score (nSPS) is 19.3. The van der Waals surface area contributed by atoms with Crippen LogP contribution in [0.5, 0.6) is 0 Å². The SMILES string of the molecule is CCCCCCNC1CCNCc2ccccc21. The summed E-state index contributed by atoms with van der Waals surface area (Å²) in [5, 5.41) is 7.24. The Labute approximate surface area is 111 Å². The lowest BCUT2D eigenvalue weighted by molar-refractivity contribution is 0.481. The van der Waals surface area contributed by atoms with E-state index in [0.29, 0.717) is 6.04 Å². The van der Waals surface area contributed by atoms with Gasteiger partial charge in [0.1, 0.15) is 0 Å². The molecule has 2 rings (SSSR count). The van der Waals surface area contributed by atoms with Gasteiger partial charge in [-0.05, 0) is 37.1 Å². The molecule has 1 aromatic carbocycles. The maximum atomic E-state index is 3.74. The molecule has 100 valence electrons. The van der Waals surface area contributed by atoms with Gasteiger partial charge in [-0.25, -0.2) is 0 Å². The quantitative estimate of drug-likeness (QED) is 0.752. The maximum absolute atomic E-state index is 3.74. The molecule has 0 amide bonds. The molecule has 0 fully saturated rings. The third-order valence-electron chi connectivity index (χ3n) is 3.78. The van der Waals surface area contributed by atoms with Crippen LogP contribution in [0.15, 0.2) is 24.3 Å². The molecule has 0 aliphatic carbocycles. The van der Waals surface area contributed by atoms with Gasteiger partial charge in [0, 0.05) is 12.6 Å². The minimum Gasteiger partial charge on any atom is -0.313 e. The standard InChI is InChI=1S/C16H26N2/c1-2-3-4-7-11-18-16-10-12-17-13-14-8-5-6-9-15(14)16/h5-6,8-9,16-18H,2-4,7,10-13H2,1H3. The molecule has 1 aliphatic heterocycles. The van der Waals surface area contributed by atoms with Gasteiger partial charge >= 0.3 is 0 Å². The molecule has 1 aromatic rings. The highest BCUT2D eigenvalue weighted by molar-refractivity contribution is 5.30. The Morgan fingerprint density at radius 1 is 1.22 bits per heavy atom. The van der Waals surface area contributed by atoms with Crippen LogP contribution < -0.4 is 10.6 Å². The van der Waals surface area contributed by atoms with Crippen molar-refractivity contribution in [2.45, 2.75) is 51.6 Å². The number of benzene rings is 1. The Bertz CT molecular complexity index is 349. The summed E-state index contributed by atoms with van der Waals surface area (Å²) in [6.07, 6.45) is 6.54. The second-order valence-electron chi connectivity index (χ2n) is 5.23. The summed E-state index contributed by atoms with van der Waals surface area (Å²) >= 11 is 0. The van der Waals surface area contributed by atoms with Crippen LogP contribution in [-0.2, 0) is 6.54 Å². The molecule has 0 bridgehead atoms. The number of fused-ring (bicyclic) bond motifs is 1. The van der Waals surface area contributed by atoms with Crippen molar-refractivity contribution in [1.29, 1.82) is 0 Å². The Morgan fingerprint density at radius 2 is 2.11 bits per heavy atom. The second-order valence-corrected chi connectivity index (χ2v) is 5.23. The summed E-state index contributed by atoms with van der Waals surface area (Å²) in [5.41, 5.74) is 2.96. The van der Waals surface area contributed by atoms with Crippen molar-refractivity contribution in [2.75, 3.05) is 13.1 Å². The molecule has 1 unspecified atom stereocenters. The van der Waals surface area contributed by atoms with Gasteiger partial charge in [-0.15, -0.1) is 0 Å². The first-order chi connectivity index (χ1) is 8.92. The summed E-state index contributed by atoms with van der Waals surface area (Å²) in [7, 11) is 0. The topological polar surface area (TPSA) is 24.1 Å². The Balaban J connectivity index is 1.88. The van der Waals surface area contributed by atoms with Crippen LogP contribution in [0.1, 0.15) is 56.2 Å². The van der Waals surface area contributed by atoms with Crippen LogP contribution in [0.4, 0.5) is 0 Å². The van der Waals surface area contributed by atoms with Crippen molar-refractivity contribution in [2.24, 2.45) is 0 Å². The van der Waals surface area contributed by atoms with E-state index in [-0.39, 0.29) is 0 Å². The predicted molar refractivity (Wildman–Crippen MR) is 77.7 cm³/mol. The van der Waals surface area contributed by atoms with E-state index in [1.165, 1.54) is 43.2 Å². The van der Waals surface area contributed by atoms with Gasteiger partial charge < -0.3 is 10.6 Å². The molecular weight excluding hydrogens is 220 g/mol. The Kier molecular flexibility index (Phi) is 5.69. The zero-order valence-electron chi connectivity index (χ0n) is 11.5. The lowest BCUT2D eigenvalue weighted by Gasteiger charge is -2.19. The zero-order valence-corrected chi connectivity index (χ0v) is 11.5. The van der Waals surface area contributed by atoms with Crippen molar-refractivity contribution in [3.8, 4) is 0 Å². The second kappa shape index (κ2) is 7.55. The summed E-state index contributed by atoms with van der Waals surface area (Å²) in [5.74, 6) is 0. The highest BCUT2D eigenvalue weighted by Crippen LogP contribution is 2.23. The fourth-order valence-electron chi connectivity index (χ4n) is 2.70. The lowest BCUT2D eigenvalue weighted by atomic mass is 9.99. The summed E-state index contributed by atoms with van der Waals surface area (Å²) in [6, 6.07) is 9.38. The van der Waals surface area contributed by atoms with Gasteiger partial charge in [-0.2, -0.15) is 0 Å². The van der Waals surface area contributed by atoms with E-state index in [2.05, 4.69) is 41.8 Å². The Morgan fingerprint density at radius 3 is 3.00 bits per heavy atom. The molecular formula is C16H26N2. The molecule has 0 spiro atoms. The molecule has 1 aliphatic rings. The van der Waals surface area contributed by atoms with E-state index < -0.39 is 0 Å². The summed E-state index contributed by atoms with van der Waals surface area (Å²) in [4.78, 5) is 0. The smallest absolute Gasteiger partial charge is 0.0335 e. The average molecular weight is 246 g/mol. The van der Waals surface area contributed by atoms with E-state index in [1.54, 1.807) is 0 Å². The molecule has 0 saturated carbocycles. The van der Waals surface area contributed by atoms with Crippen LogP contribution in [0, 0.1) is 0 Å². The number of hydrogen-bond acceptors (Lipinski definition) is 2. The fraction of sp³-hybridized carbons (Fsp3) is 0.625. The van der Waals surface area contributed by atoms with Crippen molar-refractivity contribution < 1.29 is 0 Å². The van der Waals surface area contributed by atoms with E-state index in [0.717, 1.165) is 19.6 Å². The minimum absolute atomic E-state index is 0.540. The van der Waals surface area contributed by atoms with E-state index in [1.807, 2.05) is 0 Å². The van der Waals surface area contributed by atoms with Crippen molar-refractivity contribution in [3.05, 3.63) is 35.4 Å². The van der Waals surface area contributed by atoms with Crippen molar-refractivity contribution >= 4 is 0 Å². The van der Waals surface area contributed by atoms with Crippen LogP contribution in [0.2, 0.25) is 0 Å². The number of nitrogens with one attached hydrogen (secondary N) is 2. The number of unbranched alkanes of at least 4 members (excludes halogenated alkanes) is 3. The third-order valence-corrected chi connectivity index (χ3v) is 3.78. The van der Waals surface area contributed by atoms with E-state index >= 15 is 0 Å². The van der Waals surface area contributed by atoms with Gasteiger partial charge in [-0.3, -0.25) is 0 Å². The average Bonchev–Trinajstić information content (AvgIpc) is 2.61. The largest absolute Gasteiger partial charge is 0.313 e. The predicted octanol–water partition coefficient (Wildman–Crippen LogP) is 3.39. The van der Waals surface area contributed by atoms with E-state index in [4.69, 9.17) is 0 Å². The van der Waals surface area contributed by atoms with Crippen LogP contribution in [0.25, 0.3) is 0 Å². The first-order valence-corrected chi connectivity index (χ1v) is 7.43. The van der Waals surface area contributed by atoms with Gasteiger partial charge in [0.05, 0.1) is 0 Å². The van der Waals surface area contributed by atoms with Gasteiger partial charge in [0.15, 0.2) is 0 Å². The number of rotatable bonds is 6. The van der Waals surface area contributed by atoms with Gasteiger partial charge in [-0.1, -0.05) is 50.5 Å². The lowest BCUT2D eigenvalue weighted by Crippen LogP contribution is -2.24. The molecule has 0 saturated heterocycles. The summed E-state index contributed by atoms with van der Waals surface area (Å²) < 4.78 is 0. The molecule has 18 heavy (non-hydrogen) atoms. The third kappa shape index (κ3) is 3.82. The minimum atomic E-state index is 0.540. The van der Waals surface area contributed by atoms with Crippen LogP contribution >= 0.6 is 0 Å². The fourth-order valence-corrected chi connectivity index (χ4v) is 2.70. The monoisotopic (exact) mass is 246 g/mol. The zero-order chi connectivity index (χ0) is 12.6. The van der Waals surface area contributed by atoms with Crippen molar-refractivity contribution in [3.63, 3.8) is 0 Å². The van der Waals surface area contributed by atoms with Crippen LogP contribution in [0.3, 0.4) is 0 Å². The maximum Gasteiger partial charge on any atom is 0.0335 e. The highest BCUT2D eigenvalue weighted by atomic mass is 14.9. The van der Waals surface area contributed by atoms with E-state index in [9.17, 15) is 0 Å². The first-order valence-electron chi connectivity index (χ1n) is 7.43. The first kappa shape index (κ1) is 13.6. The molecule has 2 nitrogen and oxygen atoms in total.